The van der Waals surface area contributed by atoms with Crippen LogP contribution in [0.2, 0.25) is 5.02 Å². The zero-order chi connectivity index (χ0) is 35.5. The van der Waals surface area contributed by atoms with E-state index in [4.69, 9.17) is 21.7 Å². The molecule has 0 saturated carbocycles. The third-order valence-corrected chi connectivity index (χ3v) is 9.77. The highest BCUT2D eigenvalue weighted by atomic mass is 35.5. The van der Waals surface area contributed by atoms with Gasteiger partial charge in [0.15, 0.2) is 11.5 Å². The Morgan fingerprint density at radius 1 is 1.20 bits per heavy atom. The van der Waals surface area contributed by atoms with Gasteiger partial charge in [0.05, 0.1) is 46.4 Å². The SMILES string of the molecule is CC(O)Cn1cc(-c2nc3n(CC(=O)Nc4ccc(C(F)(F)F)cc4Cl)c4c(n3n2)C2(CCN(C(=O)c3ncccc3O)CC2)CC4C)cn1. The Morgan fingerprint density at radius 3 is 2.64 bits per heavy atom. The van der Waals surface area contributed by atoms with Crippen molar-refractivity contribution in [2.75, 3.05) is 18.4 Å². The van der Waals surface area contributed by atoms with Gasteiger partial charge in [0.2, 0.25) is 11.7 Å². The number of amides is 2. The molecule has 262 valence electrons. The number of hydrogen-bond acceptors (Lipinski definition) is 8. The van der Waals surface area contributed by atoms with E-state index in [1.807, 2.05) is 0 Å². The number of nitrogens with one attached hydrogen (secondary N) is 1. The van der Waals surface area contributed by atoms with Gasteiger partial charge in [-0.1, -0.05) is 18.5 Å². The first-order valence-corrected chi connectivity index (χ1v) is 16.4. The van der Waals surface area contributed by atoms with E-state index in [9.17, 15) is 33.0 Å². The minimum atomic E-state index is -4.59. The molecule has 1 aliphatic heterocycles. The summed E-state index contributed by atoms with van der Waals surface area (Å²) < 4.78 is 44.7. The second-order valence-electron chi connectivity index (χ2n) is 13.1. The summed E-state index contributed by atoms with van der Waals surface area (Å²) in [5.74, 6) is -0.350. The van der Waals surface area contributed by atoms with Gasteiger partial charge in [-0.2, -0.15) is 27.8 Å². The zero-order valence-corrected chi connectivity index (χ0v) is 27.8. The molecule has 0 bridgehead atoms. The zero-order valence-electron chi connectivity index (χ0n) is 27.0. The highest BCUT2D eigenvalue weighted by Crippen LogP contribution is 2.52. The summed E-state index contributed by atoms with van der Waals surface area (Å²) in [4.78, 5) is 37.4. The molecular formula is C33H33ClF3N9O4. The number of likely N-dealkylation sites (tertiary alicyclic amines) is 1. The van der Waals surface area contributed by atoms with Crippen LogP contribution in [-0.2, 0) is 29.5 Å². The van der Waals surface area contributed by atoms with Crippen LogP contribution < -0.4 is 5.32 Å². The molecule has 2 atom stereocenters. The summed E-state index contributed by atoms with van der Waals surface area (Å²) in [6.07, 6.45) is 1.45. The van der Waals surface area contributed by atoms with E-state index in [2.05, 4.69) is 22.3 Å². The minimum absolute atomic E-state index is 0.00584. The Balaban J connectivity index is 1.24. The molecule has 50 heavy (non-hydrogen) atoms. The summed E-state index contributed by atoms with van der Waals surface area (Å²) in [6, 6.07) is 5.72. The first-order chi connectivity index (χ1) is 23.7. The van der Waals surface area contributed by atoms with Crippen molar-refractivity contribution in [2.45, 2.75) is 69.8 Å². The number of alkyl halides is 3. The first-order valence-electron chi connectivity index (χ1n) is 16.0. The Morgan fingerprint density at radius 2 is 1.96 bits per heavy atom. The lowest BCUT2D eigenvalue weighted by molar-refractivity contribution is -0.137. The maximum atomic E-state index is 13.5. The summed E-state index contributed by atoms with van der Waals surface area (Å²) in [7, 11) is 0. The van der Waals surface area contributed by atoms with Crippen LogP contribution in [0.15, 0.2) is 48.9 Å². The molecule has 4 aromatic heterocycles. The number of aliphatic hydroxyl groups excluding tert-OH is 1. The number of carbonyl (C=O) groups is 2. The first kappa shape index (κ1) is 33.5. The van der Waals surface area contributed by atoms with E-state index >= 15 is 0 Å². The highest BCUT2D eigenvalue weighted by molar-refractivity contribution is 6.33. The number of halogens is 4. The number of aliphatic hydroxyl groups is 1. The number of anilines is 1. The fraction of sp³-hybridized carbons (Fsp3) is 0.394. The molecule has 2 unspecified atom stereocenters. The highest BCUT2D eigenvalue weighted by Gasteiger charge is 2.50. The monoisotopic (exact) mass is 711 g/mol. The molecule has 7 rings (SSSR count). The summed E-state index contributed by atoms with van der Waals surface area (Å²) in [5.41, 5.74) is 1.02. The van der Waals surface area contributed by atoms with Crippen LogP contribution in [-0.4, -0.2) is 80.1 Å². The molecule has 1 fully saturated rings. The molecule has 1 aromatic carbocycles. The second kappa shape index (κ2) is 12.4. The lowest BCUT2D eigenvalue weighted by Crippen LogP contribution is -2.45. The fourth-order valence-electron chi connectivity index (χ4n) is 7.29. The maximum absolute atomic E-state index is 13.5. The lowest BCUT2D eigenvalue weighted by Gasteiger charge is -2.39. The Kier molecular flexibility index (Phi) is 8.33. The Hall–Kier alpha value is -4.96. The number of benzene rings is 1. The Labute approximate surface area is 288 Å². The van der Waals surface area contributed by atoms with E-state index in [1.54, 1.807) is 44.0 Å². The van der Waals surface area contributed by atoms with Crippen molar-refractivity contribution in [1.29, 1.82) is 0 Å². The molecular weight excluding hydrogens is 679 g/mol. The summed E-state index contributed by atoms with van der Waals surface area (Å²) in [5, 5.41) is 31.7. The van der Waals surface area contributed by atoms with Gasteiger partial charge in [0, 0.05) is 36.6 Å². The van der Waals surface area contributed by atoms with Gasteiger partial charge in [0.1, 0.15) is 12.3 Å². The van der Waals surface area contributed by atoms with Crippen molar-refractivity contribution in [3.05, 3.63) is 76.6 Å². The lowest BCUT2D eigenvalue weighted by atomic mass is 9.75. The Bertz CT molecular complexity index is 2110. The van der Waals surface area contributed by atoms with Crippen molar-refractivity contribution in [3.63, 3.8) is 0 Å². The van der Waals surface area contributed by atoms with Crippen LogP contribution in [0, 0.1) is 0 Å². The number of rotatable bonds is 7. The largest absolute Gasteiger partial charge is 0.505 e. The normalized spacial score (nSPS) is 17.7. The third-order valence-electron chi connectivity index (χ3n) is 9.45. The van der Waals surface area contributed by atoms with E-state index in [0.717, 1.165) is 36.0 Å². The van der Waals surface area contributed by atoms with Crippen molar-refractivity contribution in [1.82, 2.24) is 38.8 Å². The van der Waals surface area contributed by atoms with E-state index in [0.29, 0.717) is 43.1 Å². The van der Waals surface area contributed by atoms with E-state index in [-0.39, 0.29) is 47.1 Å². The van der Waals surface area contributed by atoms with Crippen LogP contribution >= 0.6 is 11.6 Å². The quantitative estimate of drug-likeness (QED) is 0.216. The van der Waals surface area contributed by atoms with Crippen LogP contribution in [0.25, 0.3) is 17.2 Å². The van der Waals surface area contributed by atoms with Gasteiger partial charge in [-0.25, -0.2) is 4.98 Å². The number of imidazole rings is 1. The van der Waals surface area contributed by atoms with Crippen LogP contribution in [0.1, 0.15) is 66.5 Å². The molecule has 1 spiro atoms. The van der Waals surface area contributed by atoms with Crippen molar-refractivity contribution in [2.24, 2.45) is 0 Å². The molecule has 2 amide bonds. The minimum Gasteiger partial charge on any atom is -0.505 e. The van der Waals surface area contributed by atoms with Crippen LogP contribution in [0.5, 0.6) is 5.75 Å². The third kappa shape index (κ3) is 5.95. The number of nitrogens with zero attached hydrogens (tertiary/aromatic N) is 8. The van der Waals surface area contributed by atoms with Crippen molar-refractivity contribution >= 4 is 34.9 Å². The maximum Gasteiger partial charge on any atom is 0.416 e. The van der Waals surface area contributed by atoms with Crippen molar-refractivity contribution < 1.29 is 33.0 Å². The molecule has 17 heteroatoms. The van der Waals surface area contributed by atoms with Gasteiger partial charge in [-0.15, -0.1) is 5.10 Å². The number of aromatic hydroxyl groups is 1. The molecule has 1 aliphatic carbocycles. The second-order valence-corrected chi connectivity index (χ2v) is 13.5. The molecule has 2 aliphatic rings. The smallest absolute Gasteiger partial charge is 0.416 e. The standard InChI is InChI=1S/C33H33ClF3N9O4/c1-18-13-32(7-10-43(11-8-32)30(50)26-24(48)4-3-9-38-26)28-27(18)45(17-25(49)40-23-6-5-21(12-22(23)34)33(35,36)37)31-41-29(42-46(28)31)20-14-39-44(16-20)15-19(2)47/h3-6,9,12,14,16,18-19,47-48H,7-8,10-11,13,15,17H2,1-2H3,(H,40,49). The summed E-state index contributed by atoms with van der Waals surface area (Å²) in [6.45, 7) is 4.55. The number of aromatic nitrogens is 7. The number of hydrogen-bond donors (Lipinski definition) is 3. The fourth-order valence-corrected chi connectivity index (χ4v) is 7.52. The van der Waals surface area contributed by atoms with Crippen molar-refractivity contribution in [3.8, 4) is 17.1 Å². The molecule has 1 saturated heterocycles. The predicted molar refractivity (Wildman–Crippen MR) is 175 cm³/mol. The molecule has 5 heterocycles. The number of piperidine rings is 1. The van der Waals surface area contributed by atoms with Gasteiger partial charge in [0.25, 0.3) is 5.91 Å². The topological polar surface area (TPSA) is 156 Å². The predicted octanol–water partition coefficient (Wildman–Crippen LogP) is 4.87. The summed E-state index contributed by atoms with van der Waals surface area (Å²) >= 11 is 6.14. The number of fused-ring (bicyclic) bond motifs is 4. The molecule has 0 radical (unpaired) electrons. The molecule has 3 N–H and O–H groups in total. The van der Waals surface area contributed by atoms with E-state index in [1.165, 1.54) is 12.3 Å². The van der Waals surface area contributed by atoms with Gasteiger partial charge in [-0.05, 0) is 62.4 Å². The average molecular weight is 712 g/mol. The van der Waals surface area contributed by atoms with Gasteiger partial charge < -0.3 is 25.0 Å². The molecule has 5 aromatic rings. The average Bonchev–Trinajstić information content (AvgIpc) is 3.81. The number of pyridine rings is 1. The molecule has 13 nitrogen and oxygen atoms in total. The van der Waals surface area contributed by atoms with Crippen LogP contribution in [0.3, 0.4) is 0 Å². The van der Waals surface area contributed by atoms with Crippen LogP contribution in [0.4, 0.5) is 18.9 Å². The van der Waals surface area contributed by atoms with Gasteiger partial charge >= 0.3 is 6.18 Å². The number of carbonyl (C=O) groups excluding carboxylic acids is 2. The van der Waals surface area contributed by atoms with Gasteiger partial charge in [-0.3, -0.25) is 14.3 Å². The van der Waals surface area contributed by atoms with E-state index < -0.39 is 29.2 Å².